The third kappa shape index (κ3) is 3.94. The molecule has 2 aromatic rings. The number of para-hydroxylation sites is 1. The second-order valence-corrected chi connectivity index (χ2v) is 6.08. The smallest absolute Gasteiger partial charge is 0.249 e. The van der Waals surface area contributed by atoms with Crippen molar-refractivity contribution in [1.29, 1.82) is 0 Å². The summed E-state index contributed by atoms with van der Waals surface area (Å²) in [5, 5.41) is 12.9. The Kier molecular flexibility index (Phi) is 5.56. The van der Waals surface area contributed by atoms with E-state index in [0.717, 1.165) is 36.3 Å². The fourth-order valence-electron chi connectivity index (χ4n) is 3.16. The van der Waals surface area contributed by atoms with E-state index in [1.165, 1.54) is 0 Å². The quantitative estimate of drug-likeness (QED) is 0.848. The lowest BCUT2D eigenvalue weighted by molar-refractivity contribution is -0.120. The first-order valence-electron chi connectivity index (χ1n) is 8.72. The van der Waals surface area contributed by atoms with Crippen LogP contribution in [0.5, 0.6) is 5.75 Å². The number of piperidine rings is 1. The summed E-state index contributed by atoms with van der Waals surface area (Å²) in [7, 11) is 0. The van der Waals surface area contributed by atoms with Crippen molar-refractivity contribution in [1.82, 2.24) is 0 Å². The van der Waals surface area contributed by atoms with Crippen LogP contribution in [0.25, 0.3) is 0 Å². The van der Waals surface area contributed by atoms with E-state index in [9.17, 15) is 9.90 Å². The van der Waals surface area contributed by atoms with Crippen molar-refractivity contribution < 1.29 is 14.6 Å². The van der Waals surface area contributed by atoms with Crippen molar-refractivity contribution in [3.05, 3.63) is 54.1 Å². The molecule has 1 saturated heterocycles. The highest BCUT2D eigenvalue weighted by molar-refractivity contribution is 5.99. The topological polar surface area (TPSA) is 61.8 Å². The van der Waals surface area contributed by atoms with Crippen molar-refractivity contribution in [2.45, 2.75) is 32.4 Å². The van der Waals surface area contributed by atoms with E-state index >= 15 is 0 Å². The number of rotatable bonds is 6. The lowest BCUT2D eigenvalue weighted by Gasteiger charge is -2.33. The van der Waals surface area contributed by atoms with Crippen LogP contribution >= 0.6 is 0 Å². The van der Waals surface area contributed by atoms with Gasteiger partial charge in [-0.15, -0.1) is 0 Å². The van der Waals surface area contributed by atoms with Crippen LogP contribution in [0.3, 0.4) is 0 Å². The number of nitrogens with zero attached hydrogens (tertiary/aromatic N) is 1. The number of ether oxygens (including phenoxy) is 1. The molecule has 3 rings (SSSR count). The van der Waals surface area contributed by atoms with Crippen LogP contribution in [-0.4, -0.2) is 30.2 Å². The Labute approximate surface area is 148 Å². The fourth-order valence-corrected chi connectivity index (χ4v) is 3.16. The highest BCUT2D eigenvalue weighted by atomic mass is 16.5. The predicted octanol–water partition coefficient (Wildman–Crippen LogP) is 3.19. The van der Waals surface area contributed by atoms with Gasteiger partial charge in [-0.1, -0.05) is 18.2 Å². The minimum Gasteiger partial charge on any atom is -0.494 e. The molecule has 1 amide bonds. The molecule has 1 aliphatic rings. The SMILES string of the molecule is CCOc1ccc(NC2CCCN(c3ccccc3)C2=O)cc1CO. The molecule has 132 valence electrons. The molecule has 1 fully saturated rings. The molecular formula is C20H24N2O3. The van der Waals surface area contributed by atoms with Crippen molar-refractivity contribution in [3.8, 4) is 5.75 Å². The second kappa shape index (κ2) is 8.03. The number of carbonyl (C=O) groups excluding carboxylic acids is 1. The number of benzene rings is 2. The normalized spacial score (nSPS) is 17.4. The average molecular weight is 340 g/mol. The van der Waals surface area contributed by atoms with E-state index in [1.54, 1.807) is 0 Å². The zero-order valence-corrected chi connectivity index (χ0v) is 14.4. The first-order valence-corrected chi connectivity index (χ1v) is 8.72. The third-order valence-corrected chi connectivity index (χ3v) is 4.38. The van der Waals surface area contributed by atoms with Gasteiger partial charge in [-0.05, 0) is 50.1 Å². The van der Waals surface area contributed by atoms with Crippen LogP contribution in [-0.2, 0) is 11.4 Å². The third-order valence-electron chi connectivity index (χ3n) is 4.38. The lowest BCUT2D eigenvalue weighted by Crippen LogP contribution is -2.47. The number of nitrogens with one attached hydrogen (secondary N) is 1. The van der Waals surface area contributed by atoms with E-state index in [-0.39, 0.29) is 18.6 Å². The maximum atomic E-state index is 12.8. The Morgan fingerprint density at radius 1 is 1.24 bits per heavy atom. The number of amides is 1. The molecule has 0 saturated carbocycles. The molecule has 5 heteroatoms. The molecule has 2 N–H and O–H groups in total. The van der Waals surface area contributed by atoms with Crippen molar-refractivity contribution in [2.75, 3.05) is 23.4 Å². The number of hydrogen-bond acceptors (Lipinski definition) is 4. The zero-order valence-electron chi connectivity index (χ0n) is 14.4. The van der Waals surface area contributed by atoms with E-state index in [4.69, 9.17) is 4.74 Å². The van der Waals surface area contributed by atoms with Crippen LogP contribution in [0.4, 0.5) is 11.4 Å². The average Bonchev–Trinajstić information content (AvgIpc) is 2.65. The fraction of sp³-hybridized carbons (Fsp3) is 0.350. The summed E-state index contributed by atoms with van der Waals surface area (Å²) < 4.78 is 5.51. The van der Waals surface area contributed by atoms with Gasteiger partial charge in [0.2, 0.25) is 5.91 Å². The largest absolute Gasteiger partial charge is 0.494 e. The number of aliphatic hydroxyl groups is 1. The van der Waals surface area contributed by atoms with Crippen LogP contribution in [0, 0.1) is 0 Å². The van der Waals surface area contributed by atoms with Gasteiger partial charge in [0.25, 0.3) is 0 Å². The van der Waals surface area contributed by atoms with Gasteiger partial charge in [-0.25, -0.2) is 0 Å². The summed E-state index contributed by atoms with van der Waals surface area (Å²) in [4.78, 5) is 14.7. The lowest BCUT2D eigenvalue weighted by atomic mass is 10.0. The molecule has 0 aliphatic carbocycles. The molecular weight excluding hydrogens is 316 g/mol. The molecule has 5 nitrogen and oxygen atoms in total. The Bertz CT molecular complexity index is 718. The van der Waals surface area contributed by atoms with Crippen LogP contribution in [0.15, 0.2) is 48.5 Å². The summed E-state index contributed by atoms with van der Waals surface area (Å²) >= 11 is 0. The Hall–Kier alpha value is -2.53. The maximum Gasteiger partial charge on any atom is 0.249 e. The Morgan fingerprint density at radius 3 is 2.76 bits per heavy atom. The highest BCUT2D eigenvalue weighted by Gasteiger charge is 2.29. The molecule has 1 unspecified atom stereocenters. The van der Waals surface area contributed by atoms with Gasteiger partial charge in [0.05, 0.1) is 13.2 Å². The molecule has 0 bridgehead atoms. The van der Waals surface area contributed by atoms with Gasteiger partial charge in [0.15, 0.2) is 0 Å². The first-order chi connectivity index (χ1) is 12.2. The van der Waals surface area contributed by atoms with Crippen LogP contribution in [0.2, 0.25) is 0 Å². The number of aliphatic hydroxyl groups excluding tert-OH is 1. The number of carbonyl (C=O) groups is 1. The Balaban J connectivity index is 1.75. The van der Waals surface area contributed by atoms with Crippen molar-refractivity contribution in [3.63, 3.8) is 0 Å². The summed E-state index contributed by atoms with van der Waals surface area (Å²) in [6.07, 6.45) is 1.74. The van der Waals surface area contributed by atoms with E-state index in [1.807, 2.05) is 60.4 Å². The maximum absolute atomic E-state index is 12.8. The standard InChI is InChI=1S/C20H24N2O3/c1-2-25-19-11-10-16(13-15(19)14-23)21-18-9-6-12-22(20(18)24)17-7-4-3-5-8-17/h3-5,7-8,10-11,13,18,21,23H,2,6,9,12,14H2,1H3. The molecule has 1 heterocycles. The minimum atomic E-state index is -0.265. The van der Waals surface area contributed by atoms with Crippen molar-refractivity contribution >= 4 is 17.3 Å². The summed E-state index contributed by atoms with van der Waals surface area (Å²) in [6.45, 7) is 3.10. The van der Waals surface area contributed by atoms with Crippen LogP contribution < -0.4 is 15.0 Å². The highest BCUT2D eigenvalue weighted by Crippen LogP contribution is 2.26. The molecule has 1 aliphatic heterocycles. The second-order valence-electron chi connectivity index (χ2n) is 6.08. The van der Waals surface area contributed by atoms with Crippen molar-refractivity contribution in [2.24, 2.45) is 0 Å². The predicted molar refractivity (Wildman–Crippen MR) is 99.0 cm³/mol. The van der Waals surface area contributed by atoms with Crippen LogP contribution in [0.1, 0.15) is 25.3 Å². The first kappa shape index (κ1) is 17.3. The van der Waals surface area contributed by atoms with E-state index < -0.39 is 0 Å². The molecule has 0 spiro atoms. The minimum absolute atomic E-state index is 0.0804. The molecule has 25 heavy (non-hydrogen) atoms. The van der Waals surface area contributed by atoms with Gasteiger partial charge in [-0.2, -0.15) is 0 Å². The summed E-state index contributed by atoms with van der Waals surface area (Å²) in [5.74, 6) is 0.758. The van der Waals surface area contributed by atoms with Gasteiger partial charge in [-0.3, -0.25) is 4.79 Å². The zero-order chi connectivity index (χ0) is 17.6. The molecule has 1 atom stereocenters. The molecule has 2 aromatic carbocycles. The van der Waals surface area contributed by atoms with Gasteiger partial charge in [0.1, 0.15) is 11.8 Å². The summed E-state index contributed by atoms with van der Waals surface area (Å²) in [5.41, 5.74) is 2.47. The Morgan fingerprint density at radius 2 is 2.04 bits per heavy atom. The molecule has 0 radical (unpaired) electrons. The number of hydrogen-bond donors (Lipinski definition) is 2. The van der Waals surface area contributed by atoms with Gasteiger partial charge in [0, 0.05) is 23.5 Å². The molecule has 0 aromatic heterocycles. The number of anilines is 2. The monoisotopic (exact) mass is 340 g/mol. The van der Waals surface area contributed by atoms with E-state index in [2.05, 4.69) is 5.32 Å². The summed E-state index contributed by atoms with van der Waals surface area (Å²) in [6, 6.07) is 15.1. The van der Waals surface area contributed by atoms with Gasteiger partial charge < -0.3 is 20.1 Å². The van der Waals surface area contributed by atoms with E-state index in [0.29, 0.717) is 12.4 Å². The van der Waals surface area contributed by atoms with Gasteiger partial charge >= 0.3 is 0 Å².